The molecule has 3 nitrogen and oxygen atoms in total. The van der Waals surface area contributed by atoms with Gasteiger partial charge in [0.25, 0.3) is 0 Å². The summed E-state index contributed by atoms with van der Waals surface area (Å²) in [5.74, 6) is -0.497. The SMILES string of the molecule is CC(C)(C)C(=O)OC1(c2ccc(F)cc2)CCNCC1. The van der Waals surface area contributed by atoms with Crippen LogP contribution in [0.3, 0.4) is 0 Å². The lowest BCUT2D eigenvalue weighted by Crippen LogP contribution is -2.45. The Morgan fingerprint density at radius 3 is 2.25 bits per heavy atom. The van der Waals surface area contributed by atoms with Gasteiger partial charge in [-0.2, -0.15) is 0 Å². The normalized spacial score (nSPS) is 18.6. The Hall–Kier alpha value is -1.42. The summed E-state index contributed by atoms with van der Waals surface area (Å²) >= 11 is 0. The molecule has 0 unspecified atom stereocenters. The number of esters is 1. The molecule has 2 rings (SSSR count). The van der Waals surface area contributed by atoms with Crippen molar-refractivity contribution in [3.63, 3.8) is 0 Å². The molecule has 0 amide bonds. The van der Waals surface area contributed by atoms with Crippen molar-refractivity contribution < 1.29 is 13.9 Å². The number of hydrogen-bond acceptors (Lipinski definition) is 3. The fourth-order valence-corrected chi connectivity index (χ4v) is 2.36. The summed E-state index contributed by atoms with van der Waals surface area (Å²) in [7, 11) is 0. The summed E-state index contributed by atoms with van der Waals surface area (Å²) in [5.41, 5.74) is -0.306. The molecule has 1 aliphatic rings. The Kier molecular flexibility index (Phi) is 4.14. The van der Waals surface area contributed by atoms with Crippen LogP contribution in [0.1, 0.15) is 39.2 Å². The molecule has 0 saturated carbocycles. The lowest BCUT2D eigenvalue weighted by atomic mass is 9.84. The van der Waals surface area contributed by atoms with Crippen molar-refractivity contribution in [3.8, 4) is 0 Å². The van der Waals surface area contributed by atoms with E-state index in [9.17, 15) is 9.18 Å². The highest BCUT2D eigenvalue weighted by molar-refractivity contribution is 5.76. The second-order valence-corrected chi connectivity index (χ2v) is 6.39. The van der Waals surface area contributed by atoms with E-state index in [1.807, 2.05) is 20.8 Å². The molecule has 110 valence electrons. The minimum Gasteiger partial charge on any atom is -0.454 e. The van der Waals surface area contributed by atoms with Gasteiger partial charge in [-0.25, -0.2) is 4.39 Å². The molecule has 0 spiro atoms. The Bertz CT molecular complexity index is 470. The fraction of sp³-hybridized carbons (Fsp3) is 0.562. The zero-order valence-electron chi connectivity index (χ0n) is 12.3. The maximum absolute atomic E-state index is 13.1. The van der Waals surface area contributed by atoms with Gasteiger partial charge in [-0.15, -0.1) is 0 Å². The third-order valence-electron chi connectivity index (χ3n) is 3.68. The summed E-state index contributed by atoms with van der Waals surface area (Å²) in [6, 6.07) is 6.28. The monoisotopic (exact) mass is 279 g/mol. The van der Waals surface area contributed by atoms with Gasteiger partial charge in [0.2, 0.25) is 0 Å². The van der Waals surface area contributed by atoms with Gasteiger partial charge in [0.15, 0.2) is 0 Å². The highest BCUT2D eigenvalue weighted by atomic mass is 19.1. The van der Waals surface area contributed by atoms with Gasteiger partial charge in [-0.1, -0.05) is 12.1 Å². The molecule has 20 heavy (non-hydrogen) atoms. The predicted octanol–water partition coefficient (Wildman–Crippen LogP) is 2.99. The molecule has 1 aromatic carbocycles. The fourth-order valence-electron chi connectivity index (χ4n) is 2.36. The predicted molar refractivity (Wildman–Crippen MR) is 75.7 cm³/mol. The van der Waals surface area contributed by atoms with Crippen molar-refractivity contribution in [2.24, 2.45) is 5.41 Å². The number of hydrogen-bond donors (Lipinski definition) is 1. The average molecular weight is 279 g/mol. The van der Waals surface area contributed by atoms with Gasteiger partial charge in [0.05, 0.1) is 5.41 Å². The largest absolute Gasteiger partial charge is 0.454 e. The number of piperidine rings is 1. The van der Waals surface area contributed by atoms with Crippen LogP contribution >= 0.6 is 0 Å². The van der Waals surface area contributed by atoms with Crippen LogP contribution in [0.4, 0.5) is 4.39 Å². The Morgan fingerprint density at radius 2 is 1.75 bits per heavy atom. The number of ether oxygens (including phenoxy) is 1. The molecule has 1 N–H and O–H groups in total. The van der Waals surface area contributed by atoms with E-state index in [1.54, 1.807) is 12.1 Å². The molecule has 4 heteroatoms. The van der Waals surface area contributed by atoms with Crippen molar-refractivity contribution in [1.82, 2.24) is 5.32 Å². The third-order valence-corrected chi connectivity index (χ3v) is 3.68. The van der Waals surface area contributed by atoms with E-state index in [0.717, 1.165) is 18.7 Å². The van der Waals surface area contributed by atoms with Gasteiger partial charge in [-0.05, 0) is 51.6 Å². The van der Waals surface area contributed by atoms with Crippen molar-refractivity contribution in [1.29, 1.82) is 0 Å². The quantitative estimate of drug-likeness (QED) is 0.846. The zero-order chi connectivity index (χ0) is 14.8. The van der Waals surface area contributed by atoms with Crippen LogP contribution in [0.5, 0.6) is 0 Å². The first-order valence-electron chi connectivity index (χ1n) is 7.04. The molecule has 1 aliphatic heterocycles. The van der Waals surface area contributed by atoms with Crippen molar-refractivity contribution >= 4 is 5.97 Å². The zero-order valence-corrected chi connectivity index (χ0v) is 12.3. The minimum atomic E-state index is -0.636. The highest BCUT2D eigenvalue weighted by Gasteiger charge is 2.40. The molecule has 0 atom stereocenters. The summed E-state index contributed by atoms with van der Waals surface area (Å²) < 4.78 is 19.0. The molecule has 0 aliphatic carbocycles. The first kappa shape index (κ1) is 15.0. The van der Waals surface area contributed by atoms with E-state index in [4.69, 9.17) is 4.74 Å². The summed E-state index contributed by atoms with van der Waals surface area (Å²) in [5, 5.41) is 3.27. The lowest BCUT2D eigenvalue weighted by Gasteiger charge is -2.39. The van der Waals surface area contributed by atoms with Crippen LogP contribution in [0.15, 0.2) is 24.3 Å². The van der Waals surface area contributed by atoms with Gasteiger partial charge in [-0.3, -0.25) is 4.79 Å². The summed E-state index contributed by atoms with van der Waals surface area (Å²) in [6.07, 6.45) is 1.42. The molecule has 0 radical (unpaired) electrons. The Morgan fingerprint density at radius 1 is 1.20 bits per heavy atom. The summed E-state index contributed by atoms with van der Waals surface area (Å²) in [4.78, 5) is 12.3. The van der Waals surface area contributed by atoms with E-state index >= 15 is 0 Å². The van der Waals surface area contributed by atoms with Crippen LogP contribution in [0.2, 0.25) is 0 Å². The number of carbonyl (C=O) groups is 1. The van der Waals surface area contributed by atoms with E-state index in [2.05, 4.69) is 5.32 Å². The second kappa shape index (κ2) is 5.52. The average Bonchev–Trinajstić information content (AvgIpc) is 2.39. The molecular formula is C16H22FNO2. The van der Waals surface area contributed by atoms with Crippen LogP contribution < -0.4 is 5.32 Å². The molecule has 0 bridgehead atoms. The van der Waals surface area contributed by atoms with Crippen LogP contribution in [0.25, 0.3) is 0 Å². The topological polar surface area (TPSA) is 38.3 Å². The number of halogens is 1. The molecule has 1 heterocycles. The molecular weight excluding hydrogens is 257 g/mol. The molecule has 1 saturated heterocycles. The third kappa shape index (κ3) is 3.18. The van der Waals surface area contributed by atoms with Gasteiger partial charge in [0, 0.05) is 12.8 Å². The van der Waals surface area contributed by atoms with Crippen LogP contribution in [0, 0.1) is 11.2 Å². The first-order chi connectivity index (χ1) is 9.33. The van der Waals surface area contributed by atoms with Crippen molar-refractivity contribution in [2.75, 3.05) is 13.1 Å². The van der Waals surface area contributed by atoms with E-state index in [1.165, 1.54) is 12.1 Å². The molecule has 0 aromatic heterocycles. The smallest absolute Gasteiger partial charge is 0.312 e. The Balaban J connectivity index is 2.30. The number of benzene rings is 1. The number of carbonyl (C=O) groups excluding carboxylic acids is 1. The maximum atomic E-state index is 13.1. The minimum absolute atomic E-state index is 0.219. The molecule has 1 fully saturated rings. The highest BCUT2D eigenvalue weighted by Crippen LogP contribution is 2.37. The molecule has 1 aromatic rings. The van der Waals surface area contributed by atoms with Crippen LogP contribution in [-0.2, 0) is 15.1 Å². The summed E-state index contributed by atoms with van der Waals surface area (Å²) in [6.45, 7) is 7.10. The Labute approximate surface area is 119 Å². The van der Waals surface area contributed by atoms with Crippen LogP contribution in [-0.4, -0.2) is 19.1 Å². The standard InChI is InChI=1S/C16H22FNO2/c1-15(2,3)14(19)20-16(8-10-18-11-9-16)12-4-6-13(17)7-5-12/h4-7,18H,8-11H2,1-3H3. The van der Waals surface area contributed by atoms with Gasteiger partial charge >= 0.3 is 5.97 Å². The van der Waals surface area contributed by atoms with E-state index < -0.39 is 11.0 Å². The second-order valence-electron chi connectivity index (χ2n) is 6.39. The van der Waals surface area contributed by atoms with E-state index in [0.29, 0.717) is 12.8 Å². The van der Waals surface area contributed by atoms with Crippen molar-refractivity contribution in [2.45, 2.75) is 39.2 Å². The lowest BCUT2D eigenvalue weighted by molar-refractivity contribution is -0.174. The number of rotatable bonds is 2. The van der Waals surface area contributed by atoms with Gasteiger partial charge < -0.3 is 10.1 Å². The van der Waals surface area contributed by atoms with Gasteiger partial charge in [0.1, 0.15) is 11.4 Å². The van der Waals surface area contributed by atoms with E-state index in [-0.39, 0.29) is 11.8 Å². The first-order valence-corrected chi connectivity index (χ1v) is 7.04. The maximum Gasteiger partial charge on any atom is 0.312 e. The number of nitrogens with one attached hydrogen (secondary N) is 1. The van der Waals surface area contributed by atoms with Crippen molar-refractivity contribution in [3.05, 3.63) is 35.6 Å².